The van der Waals surface area contributed by atoms with Crippen LogP contribution in [0.4, 0.5) is 10.1 Å². The highest BCUT2D eigenvalue weighted by molar-refractivity contribution is 7.92. The number of carbonyl (C=O) groups is 2. The van der Waals surface area contributed by atoms with Gasteiger partial charge in [0, 0.05) is 25.1 Å². The van der Waals surface area contributed by atoms with Crippen LogP contribution in [0.2, 0.25) is 0 Å². The monoisotopic (exact) mass is 661 g/mol. The molecule has 0 aromatic heterocycles. The van der Waals surface area contributed by atoms with E-state index in [1.165, 1.54) is 61.6 Å². The van der Waals surface area contributed by atoms with Gasteiger partial charge in [-0.05, 0) is 60.9 Å². The zero-order valence-corrected chi connectivity index (χ0v) is 27.7. The first kappa shape index (κ1) is 35.0. The number of hydrogen-bond acceptors (Lipinski definition) is 6. The Bertz CT molecular complexity index is 1740. The van der Waals surface area contributed by atoms with Crippen LogP contribution in [0.5, 0.6) is 11.5 Å². The van der Waals surface area contributed by atoms with Gasteiger partial charge >= 0.3 is 0 Å². The van der Waals surface area contributed by atoms with Crippen molar-refractivity contribution in [3.05, 3.63) is 120 Å². The van der Waals surface area contributed by atoms with E-state index in [-0.39, 0.29) is 35.3 Å². The smallest absolute Gasteiger partial charge is 0.264 e. The quantitative estimate of drug-likeness (QED) is 0.178. The van der Waals surface area contributed by atoms with Gasteiger partial charge in [-0.3, -0.25) is 13.9 Å². The summed E-state index contributed by atoms with van der Waals surface area (Å²) in [6.45, 7) is 3.04. The first-order valence-electron chi connectivity index (χ1n) is 15.2. The third-order valence-electron chi connectivity index (χ3n) is 7.80. The standard InChI is InChI=1S/C36H40FN3O6S/c1-5-26(2)38-36(42)33(22-27-12-8-6-9-13-27)39(24-28-16-18-29(37)19-17-28)35(41)25-40(47(43,44)31-14-10-7-11-15-31)32-23-30(45-3)20-21-34(32)46-4/h6-21,23,26,33H,5,22,24-25H2,1-4H3,(H,38,42)/t26-,33-/m1/s1. The Labute approximate surface area is 276 Å². The molecule has 0 unspecified atom stereocenters. The van der Waals surface area contributed by atoms with Gasteiger partial charge in [-0.15, -0.1) is 0 Å². The summed E-state index contributed by atoms with van der Waals surface area (Å²) < 4.78 is 54.3. The summed E-state index contributed by atoms with van der Waals surface area (Å²) >= 11 is 0. The van der Waals surface area contributed by atoms with Gasteiger partial charge in [0.15, 0.2) is 0 Å². The molecule has 11 heteroatoms. The fraction of sp³-hybridized carbons (Fsp3) is 0.278. The molecule has 4 aromatic rings. The molecular formula is C36H40FN3O6S. The number of carbonyl (C=O) groups excluding carboxylic acids is 2. The highest BCUT2D eigenvalue weighted by Crippen LogP contribution is 2.36. The summed E-state index contributed by atoms with van der Waals surface area (Å²) in [6.07, 6.45) is 0.818. The minimum atomic E-state index is -4.35. The zero-order valence-electron chi connectivity index (χ0n) is 26.9. The van der Waals surface area contributed by atoms with Crippen LogP contribution in [0, 0.1) is 5.82 Å². The van der Waals surface area contributed by atoms with E-state index in [2.05, 4.69) is 5.32 Å². The van der Waals surface area contributed by atoms with E-state index in [1.54, 1.807) is 30.3 Å². The van der Waals surface area contributed by atoms with Crippen LogP contribution in [-0.2, 0) is 32.6 Å². The van der Waals surface area contributed by atoms with E-state index in [1.807, 2.05) is 44.2 Å². The summed E-state index contributed by atoms with van der Waals surface area (Å²) in [5, 5.41) is 2.99. The Hall–Kier alpha value is -4.90. The maximum atomic E-state index is 14.6. The molecular weight excluding hydrogens is 621 g/mol. The van der Waals surface area contributed by atoms with E-state index in [0.717, 1.165) is 9.87 Å². The van der Waals surface area contributed by atoms with Crippen LogP contribution in [0.15, 0.2) is 108 Å². The molecule has 4 aromatic carbocycles. The lowest BCUT2D eigenvalue weighted by atomic mass is 10.0. The molecule has 248 valence electrons. The lowest BCUT2D eigenvalue weighted by molar-refractivity contribution is -0.140. The number of methoxy groups -OCH3 is 2. The van der Waals surface area contributed by atoms with Gasteiger partial charge in [0.05, 0.1) is 24.8 Å². The first-order chi connectivity index (χ1) is 22.6. The second-order valence-corrected chi connectivity index (χ2v) is 12.9. The third-order valence-corrected chi connectivity index (χ3v) is 9.58. The number of nitrogens with zero attached hydrogens (tertiary/aromatic N) is 2. The average Bonchev–Trinajstić information content (AvgIpc) is 3.09. The number of halogens is 1. The lowest BCUT2D eigenvalue weighted by Crippen LogP contribution is -2.54. The average molecular weight is 662 g/mol. The molecule has 0 heterocycles. The minimum Gasteiger partial charge on any atom is -0.497 e. The Morgan fingerprint density at radius 1 is 0.851 bits per heavy atom. The van der Waals surface area contributed by atoms with Crippen LogP contribution < -0.4 is 19.1 Å². The molecule has 1 N–H and O–H groups in total. The van der Waals surface area contributed by atoms with Crippen LogP contribution in [0.25, 0.3) is 0 Å². The van der Waals surface area contributed by atoms with Crippen molar-refractivity contribution in [1.82, 2.24) is 10.2 Å². The van der Waals surface area contributed by atoms with E-state index in [9.17, 15) is 22.4 Å². The van der Waals surface area contributed by atoms with Crippen LogP contribution in [0.1, 0.15) is 31.4 Å². The van der Waals surface area contributed by atoms with Crippen molar-refractivity contribution in [1.29, 1.82) is 0 Å². The number of benzene rings is 4. The molecule has 0 aliphatic rings. The number of sulfonamides is 1. The molecule has 47 heavy (non-hydrogen) atoms. The van der Waals surface area contributed by atoms with Gasteiger partial charge in [-0.2, -0.15) is 0 Å². The highest BCUT2D eigenvalue weighted by atomic mass is 32.2. The highest BCUT2D eigenvalue weighted by Gasteiger charge is 2.36. The van der Waals surface area contributed by atoms with Crippen LogP contribution in [0.3, 0.4) is 0 Å². The van der Waals surface area contributed by atoms with Crippen molar-refractivity contribution < 1.29 is 31.9 Å². The second-order valence-electron chi connectivity index (χ2n) is 11.0. The summed E-state index contributed by atoms with van der Waals surface area (Å²) in [4.78, 5) is 29.9. The molecule has 0 radical (unpaired) electrons. The fourth-order valence-corrected chi connectivity index (χ4v) is 6.44. The normalized spacial score (nSPS) is 12.4. The molecule has 0 bridgehead atoms. The Balaban J connectivity index is 1.86. The molecule has 2 atom stereocenters. The van der Waals surface area contributed by atoms with Gasteiger partial charge in [0.1, 0.15) is 29.9 Å². The fourth-order valence-electron chi connectivity index (χ4n) is 5.01. The number of nitrogens with one attached hydrogen (secondary N) is 1. The van der Waals surface area contributed by atoms with Crippen LogP contribution in [-0.4, -0.2) is 58.0 Å². The predicted octanol–water partition coefficient (Wildman–Crippen LogP) is 5.59. The van der Waals surface area contributed by atoms with E-state index in [4.69, 9.17) is 9.47 Å². The number of anilines is 1. The molecule has 4 rings (SSSR count). The van der Waals surface area contributed by atoms with Gasteiger partial charge in [0.25, 0.3) is 10.0 Å². The van der Waals surface area contributed by atoms with Crippen LogP contribution >= 0.6 is 0 Å². The molecule has 0 aliphatic carbocycles. The molecule has 0 spiro atoms. The SMILES string of the molecule is CC[C@@H](C)NC(=O)[C@@H](Cc1ccccc1)N(Cc1ccc(F)cc1)C(=O)CN(c1cc(OC)ccc1OC)S(=O)(=O)c1ccccc1. The van der Waals surface area contributed by atoms with Crippen molar-refractivity contribution in [2.24, 2.45) is 0 Å². The lowest BCUT2D eigenvalue weighted by Gasteiger charge is -2.34. The van der Waals surface area contributed by atoms with Crippen molar-refractivity contribution in [3.8, 4) is 11.5 Å². The van der Waals surface area contributed by atoms with Crippen molar-refractivity contribution in [3.63, 3.8) is 0 Å². The second kappa shape index (κ2) is 16.1. The topological polar surface area (TPSA) is 105 Å². The third kappa shape index (κ3) is 8.88. The van der Waals surface area contributed by atoms with E-state index in [0.29, 0.717) is 17.7 Å². The summed E-state index contributed by atoms with van der Waals surface area (Å²) in [5.41, 5.74) is 1.44. The number of ether oxygens (including phenoxy) is 2. The Morgan fingerprint density at radius 3 is 2.09 bits per heavy atom. The summed E-state index contributed by atoms with van der Waals surface area (Å²) in [5.74, 6) is -0.959. The molecule has 0 saturated heterocycles. The van der Waals surface area contributed by atoms with Gasteiger partial charge in [-0.1, -0.05) is 67.6 Å². The van der Waals surface area contributed by atoms with Gasteiger partial charge in [-0.25, -0.2) is 12.8 Å². The Kier molecular flexibility index (Phi) is 12.0. The maximum Gasteiger partial charge on any atom is 0.264 e. The number of hydrogen-bond donors (Lipinski definition) is 1. The maximum absolute atomic E-state index is 14.6. The summed E-state index contributed by atoms with van der Waals surface area (Å²) in [7, 11) is -1.50. The van der Waals surface area contributed by atoms with Gasteiger partial charge in [0.2, 0.25) is 11.8 Å². The minimum absolute atomic E-state index is 0.0434. The van der Waals surface area contributed by atoms with Gasteiger partial charge < -0.3 is 19.7 Å². The number of amides is 2. The van der Waals surface area contributed by atoms with Crippen molar-refractivity contribution in [2.75, 3.05) is 25.1 Å². The zero-order chi connectivity index (χ0) is 34.0. The molecule has 9 nitrogen and oxygen atoms in total. The largest absolute Gasteiger partial charge is 0.497 e. The first-order valence-corrected chi connectivity index (χ1v) is 16.7. The van der Waals surface area contributed by atoms with Crippen molar-refractivity contribution in [2.45, 2.75) is 50.2 Å². The molecule has 0 saturated carbocycles. The van der Waals surface area contributed by atoms with Crippen molar-refractivity contribution >= 4 is 27.5 Å². The predicted molar refractivity (Wildman–Crippen MR) is 179 cm³/mol. The summed E-state index contributed by atoms with van der Waals surface area (Å²) in [6, 6.07) is 26.1. The Morgan fingerprint density at radius 2 is 1.49 bits per heavy atom. The number of rotatable bonds is 15. The molecule has 0 fully saturated rings. The molecule has 2 amide bonds. The van der Waals surface area contributed by atoms with E-state index < -0.39 is 40.2 Å². The molecule has 0 aliphatic heterocycles. The van der Waals surface area contributed by atoms with E-state index >= 15 is 0 Å².